The van der Waals surface area contributed by atoms with E-state index in [-0.39, 0.29) is 41.3 Å². The van der Waals surface area contributed by atoms with Crippen LogP contribution in [0.3, 0.4) is 0 Å². The molecule has 23 heavy (non-hydrogen) atoms. The molecule has 1 unspecified atom stereocenters. The quantitative estimate of drug-likeness (QED) is 0.673. The molecular formula is C15H25Cl3FN3O. The fraction of sp³-hybridized carbons (Fsp3) is 0.533. The summed E-state index contributed by atoms with van der Waals surface area (Å²) in [6, 6.07) is 3.69. The van der Waals surface area contributed by atoms with E-state index >= 15 is 0 Å². The van der Waals surface area contributed by atoms with E-state index in [1.54, 1.807) is 25.1 Å². The Morgan fingerprint density at radius 1 is 1.26 bits per heavy atom. The van der Waals surface area contributed by atoms with E-state index in [1.165, 1.54) is 12.1 Å². The summed E-state index contributed by atoms with van der Waals surface area (Å²) >= 11 is 6.06. The molecule has 2 N–H and O–H groups in total. The fourth-order valence-electron chi connectivity index (χ4n) is 2.07. The van der Waals surface area contributed by atoms with Crippen LogP contribution in [0, 0.1) is 5.82 Å². The molecule has 0 heterocycles. The van der Waals surface area contributed by atoms with Gasteiger partial charge in [-0.3, -0.25) is 9.69 Å². The second-order valence-corrected chi connectivity index (χ2v) is 5.45. The zero-order valence-electron chi connectivity index (χ0n) is 13.6. The summed E-state index contributed by atoms with van der Waals surface area (Å²) in [6.45, 7) is 4.17. The lowest BCUT2D eigenvalue weighted by Crippen LogP contribution is -2.40. The highest BCUT2D eigenvalue weighted by molar-refractivity contribution is 6.31. The van der Waals surface area contributed by atoms with Crippen LogP contribution in [0.1, 0.15) is 24.9 Å². The molecule has 0 aliphatic carbocycles. The Kier molecular flexibility index (Phi) is 13.7. The number of hydrogen-bond acceptors (Lipinski definition) is 3. The van der Waals surface area contributed by atoms with Crippen LogP contribution >= 0.6 is 36.4 Å². The van der Waals surface area contributed by atoms with Crippen LogP contribution in [0.4, 0.5) is 4.39 Å². The molecule has 0 saturated heterocycles. The highest BCUT2D eigenvalue weighted by atomic mass is 35.5. The lowest BCUT2D eigenvalue weighted by Gasteiger charge is -2.25. The van der Waals surface area contributed by atoms with Gasteiger partial charge in [-0.15, -0.1) is 24.8 Å². The molecule has 0 aliphatic heterocycles. The van der Waals surface area contributed by atoms with Gasteiger partial charge in [0.05, 0.1) is 0 Å². The number of amides is 1. The molecule has 0 saturated carbocycles. The molecule has 1 atom stereocenters. The van der Waals surface area contributed by atoms with E-state index in [0.29, 0.717) is 13.1 Å². The second kappa shape index (κ2) is 12.8. The van der Waals surface area contributed by atoms with E-state index < -0.39 is 11.9 Å². The van der Waals surface area contributed by atoms with Crippen molar-refractivity contribution in [2.75, 3.05) is 33.7 Å². The number of halogens is 4. The number of benzene rings is 1. The largest absolute Gasteiger partial charge is 0.353 e. The number of nitrogens with one attached hydrogen (secondary N) is 2. The maximum Gasteiger partial charge on any atom is 0.242 e. The number of likely N-dealkylation sites (N-methyl/N-ethyl adjacent to an activating group) is 1. The van der Waals surface area contributed by atoms with Crippen LogP contribution in [0.5, 0.6) is 0 Å². The van der Waals surface area contributed by atoms with Crippen molar-refractivity contribution in [1.29, 1.82) is 0 Å². The molecular weight excluding hydrogens is 364 g/mol. The van der Waals surface area contributed by atoms with E-state index in [9.17, 15) is 9.18 Å². The van der Waals surface area contributed by atoms with Crippen molar-refractivity contribution in [3.63, 3.8) is 0 Å². The van der Waals surface area contributed by atoms with Gasteiger partial charge in [0.2, 0.25) is 5.91 Å². The maximum atomic E-state index is 14.0. The van der Waals surface area contributed by atoms with E-state index in [2.05, 4.69) is 17.6 Å². The fourth-order valence-corrected chi connectivity index (χ4v) is 2.33. The normalized spacial score (nSPS) is 11.4. The lowest BCUT2D eigenvalue weighted by molar-refractivity contribution is -0.125. The van der Waals surface area contributed by atoms with Gasteiger partial charge in [0, 0.05) is 23.7 Å². The smallest absolute Gasteiger partial charge is 0.242 e. The third kappa shape index (κ3) is 7.68. The van der Waals surface area contributed by atoms with Gasteiger partial charge in [-0.05, 0) is 39.2 Å². The first-order chi connectivity index (χ1) is 9.99. The predicted molar refractivity (Wildman–Crippen MR) is 98.5 cm³/mol. The van der Waals surface area contributed by atoms with Crippen molar-refractivity contribution < 1.29 is 9.18 Å². The summed E-state index contributed by atoms with van der Waals surface area (Å²) in [6.07, 6.45) is 1.04. The molecule has 0 radical (unpaired) electrons. The van der Waals surface area contributed by atoms with E-state index in [0.717, 1.165) is 13.0 Å². The molecule has 1 aromatic carbocycles. The zero-order chi connectivity index (χ0) is 15.8. The van der Waals surface area contributed by atoms with Gasteiger partial charge in [-0.1, -0.05) is 24.6 Å². The Morgan fingerprint density at radius 2 is 1.91 bits per heavy atom. The standard InChI is InChI=1S/C15H23ClFN3O.2ClH/c1-4-8-18-9-10-19-15(21)14(20(2)3)13-11(16)6-5-7-12(13)17;;/h5-7,14,18H,4,8-10H2,1-3H3,(H,19,21);2*1H. The van der Waals surface area contributed by atoms with Crippen molar-refractivity contribution in [3.8, 4) is 0 Å². The minimum absolute atomic E-state index is 0. The van der Waals surface area contributed by atoms with Crippen LogP contribution in [-0.4, -0.2) is 44.5 Å². The molecule has 1 amide bonds. The Morgan fingerprint density at radius 3 is 2.43 bits per heavy atom. The molecule has 1 aromatic rings. The second-order valence-electron chi connectivity index (χ2n) is 5.04. The maximum absolute atomic E-state index is 14.0. The Labute approximate surface area is 155 Å². The number of carbonyl (C=O) groups is 1. The summed E-state index contributed by atoms with van der Waals surface area (Å²) in [7, 11) is 3.45. The van der Waals surface area contributed by atoms with Gasteiger partial charge in [-0.2, -0.15) is 0 Å². The third-order valence-corrected chi connectivity index (χ3v) is 3.40. The third-order valence-electron chi connectivity index (χ3n) is 3.07. The summed E-state index contributed by atoms with van der Waals surface area (Å²) in [4.78, 5) is 14.0. The minimum atomic E-state index is -0.745. The van der Waals surface area contributed by atoms with Crippen molar-refractivity contribution in [2.24, 2.45) is 0 Å². The predicted octanol–water partition coefficient (Wildman–Crippen LogP) is 3.04. The van der Waals surface area contributed by atoms with Crippen molar-refractivity contribution >= 4 is 42.3 Å². The van der Waals surface area contributed by atoms with E-state index in [4.69, 9.17) is 11.6 Å². The summed E-state index contributed by atoms with van der Waals surface area (Å²) in [5, 5.41) is 6.26. The molecule has 0 bridgehead atoms. The molecule has 134 valence electrons. The molecule has 8 heteroatoms. The summed E-state index contributed by atoms with van der Waals surface area (Å²) in [5.74, 6) is -0.731. The van der Waals surface area contributed by atoms with Crippen LogP contribution in [0.2, 0.25) is 5.02 Å². The Hall–Kier alpha value is -0.590. The average Bonchev–Trinajstić information content (AvgIpc) is 2.42. The summed E-state index contributed by atoms with van der Waals surface area (Å²) in [5.41, 5.74) is 0.211. The number of carbonyl (C=O) groups excluding carboxylic acids is 1. The molecule has 0 fully saturated rings. The lowest BCUT2D eigenvalue weighted by atomic mass is 10.0. The van der Waals surface area contributed by atoms with Gasteiger partial charge < -0.3 is 10.6 Å². The molecule has 0 spiro atoms. The van der Waals surface area contributed by atoms with Gasteiger partial charge in [-0.25, -0.2) is 4.39 Å². The van der Waals surface area contributed by atoms with Gasteiger partial charge in [0.25, 0.3) is 0 Å². The van der Waals surface area contributed by atoms with Crippen LogP contribution < -0.4 is 10.6 Å². The van der Waals surface area contributed by atoms with Crippen molar-refractivity contribution in [1.82, 2.24) is 15.5 Å². The van der Waals surface area contributed by atoms with Crippen molar-refractivity contribution in [2.45, 2.75) is 19.4 Å². The van der Waals surface area contributed by atoms with E-state index in [1.807, 2.05) is 0 Å². The van der Waals surface area contributed by atoms with Crippen molar-refractivity contribution in [3.05, 3.63) is 34.6 Å². The number of nitrogens with zero attached hydrogens (tertiary/aromatic N) is 1. The highest BCUT2D eigenvalue weighted by Crippen LogP contribution is 2.28. The van der Waals surface area contributed by atoms with Crippen LogP contribution in [0.25, 0.3) is 0 Å². The topological polar surface area (TPSA) is 44.4 Å². The van der Waals surface area contributed by atoms with Crippen LogP contribution in [0.15, 0.2) is 18.2 Å². The minimum Gasteiger partial charge on any atom is -0.353 e. The van der Waals surface area contributed by atoms with Crippen LogP contribution in [-0.2, 0) is 4.79 Å². The Balaban J connectivity index is 0. The Bertz CT molecular complexity index is 455. The summed E-state index contributed by atoms with van der Waals surface area (Å²) < 4.78 is 14.0. The monoisotopic (exact) mass is 387 g/mol. The molecule has 0 aromatic heterocycles. The van der Waals surface area contributed by atoms with Gasteiger partial charge >= 0.3 is 0 Å². The number of hydrogen-bond donors (Lipinski definition) is 2. The first-order valence-electron chi connectivity index (χ1n) is 7.07. The first kappa shape index (κ1) is 24.7. The van der Waals surface area contributed by atoms with Gasteiger partial charge in [0.15, 0.2) is 0 Å². The SMILES string of the molecule is CCCNCCNC(=O)C(c1c(F)cccc1Cl)N(C)C.Cl.Cl. The zero-order valence-corrected chi connectivity index (χ0v) is 16.0. The first-order valence-corrected chi connectivity index (χ1v) is 7.45. The van der Waals surface area contributed by atoms with Gasteiger partial charge in [0.1, 0.15) is 11.9 Å². The molecule has 4 nitrogen and oxygen atoms in total. The highest BCUT2D eigenvalue weighted by Gasteiger charge is 2.27. The molecule has 1 rings (SSSR count). The molecule has 0 aliphatic rings. The average molecular weight is 389 g/mol. The number of rotatable bonds is 8.